The summed E-state index contributed by atoms with van der Waals surface area (Å²) in [7, 11) is 0. The molecule has 2 unspecified atom stereocenters. The fourth-order valence-corrected chi connectivity index (χ4v) is 2.35. The molecule has 1 aromatic carbocycles. The largest absolute Gasteiger partial charge is 0.310 e. The van der Waals surface area contributed by atoms with Crippen LogP contribution in [0.3, 0.4) is 0 Å². The van der Waals surface area contributed by atoms with Gasteiger partial charge in [-0.3, -0.25) is 0 Å². The zero-order valence-electron chi connectivity index (χ0n) is 10.7. The van der Waals surface area contributed by atoms with E-state index in [1.165, 1.54) is 16.7 Å². The van der Waals surface area contributed by atoms with E-state index < -0.39 is 0 Å². The van der Waals surface area contributed by atoms with Gasteiger partial charge in [-0.25, -0.2) is 0 Å². The van der Waals surface area contributed by atoms with Crippen molar-refractivity contribution in [1.82, 2.24) is 5.32 Å². The Morgan fingerprint density at radius 1 is 1.12 bits per heavy atom. The molecule has 0 amide bonds. The third kappa shape index (κ3) is 4.26. The Balaban J connectivity index is 2.54. The Morgan fingerprint density at radius 3 is 2.19 bits per heavy atom. The van der Waals surface area contributed by atoms with Crippen LogP contribution in [0.25, 0.3) is 0 Å². The number of halogens is 1. The van der Waals surface area contributed by atoms with E-state index in [-0.39, 0.29) is 0 Å². The highest BCUT2D eigenvalue weighted by Gasteiger charge is 2.09. The van der Waals surface area contributed by atoms with Crippen LogP contribution in [-0.4, -0.2) is 11.4 Å². The molecule has 0 aliphatic heterocycles. The maximum absolute atomic E-state index is 3.57. The number of rotatable bonds is 5. The van der Waals surface area contributed by atoms with Crippen LogP contribution < -0.4 is 5.32 Å². The number of aryl methyl sites for hydroxylation is 2. The van der Waals surface area contributed by atoms with Crippen LogP contribution in [0.5, 0.6) is 0 Å². The molecule has 0 fully saturated rings. The molecule has 2 atom stereocenters. The molecule has 1 N–H and O–H groups in total. The smallest absolute Gasteiger partial charge is 0.0208 e. The Labute approximate surface area is 108 Å². The molecule has 0 spiro atoms. The molecule has 2 heteroatoms. The number of hydrogen-bond donors (Lipinski definition) is 1. The maximum atomic E-state index is 3.57. The lowest BCUT2D eigenvalue weighted by atomic mass is 10.0. The van der Waals surface area contributed by atoms with Gasteiger partial charge < -0.3 is 5.32 Å². The van der Waals surface area contributed by atoms with Crippen molar-refractivity contribution < 1.29 is 0 Å². The summed E-state index contributed by atoms with van der Waals surface area (Å²) in [4.78, 5) is 0. The number of benzene rings is 1. The van der Waals surface area contributed by atoms with Crippen LogP contribution in [0, 0.1) is 19.8 Å². The van der Waals surface area contributed by atoms with Crippen LogP contribution in [0.1, 0.15) is 30.5 Å². The highest BCUT2D eigenvalue weighted by Crippen LogP contribution is 2.11. The molecule has 0 bridgehead atoms. The Bertz CT molecular complexity index is 315. The van der Waals surface area contributed by atoms with Gasteiger partial charge in [0.1, 0.15) is 0 Å². The molecule has 90 valence electrons. The molecule has 1 rings (SSSR count). The van der Waals surface area contributed by atoms with E-state index in [0.29, 0.717) is 12.0 Å². The molecule has 0 radical (unpaired) electrons. The molecule has 0 aliphatic rings. The maximum Gasteiger partial charge on any atom is 0.0208 e. The zero-order chi connectivity index (χ0) is 12.1. The van der Waals surface area contributed by atoms with Crippen LogP contribution in [-0.2, 0) is 6.54 Å². The van der Waals surface area contributed by atoms with Crippen molar-refractivity contribution in [2.45, 2.75) is 40.3 Å². The minimum Gasteiger partial charge on any atom is -0.310 e. The van der Waals surface area contributed by atoms with E-state index >= 15 is 0 Å². The highest BCUT2D eigenvalue weighted by molar-refractivity contribution is 9.09. The van der Waals surface area contributed by atoms with Gasteiger partial charge in [0.15, 0.2) is 0 Å². The third-order valence-electron chi connectivity index (χ3n) is 3.01. The molecule has 0 heterocycles. The standard InChI is InChI=1S/C14H22BrN/c1-10-5-11(2)7-14(6-10)9-16-13(4)12(3)8-15/h5-7,12-13,16H,8-9H2,1-4H3. The number of hydrogen-bond acceptors (Lipinski definition) is 1. The first-order chi connectivity index (χ1) is 7.52. The van der Waals surface area contributed by atoms with Crippen molar-refractivity contribution in [1.29, 1.82) is 0 Å². The average Bonchev–Trinajstić information content (AvgIpc) is 2.23. The monoisotopic (exact) mass is 283 g/mol. The second-order valence-corrected chi connectivity index (χ2v) is 5.44. The van der Waals surface area contributed by atoms with Crippen molar-refractivity contribution in [3.63, 3.8) is 0 Å². The van der Waals surface area contributed by atoms with E-state index in [1.54, 1.807) is 0 Å². The van der Waals surface area contributed by atoms with Crippen LogP contribution in [0.4, 0.5) is 0 Å². The Hall–Kier alpha value is -0.340. The van der Waals surface area contributed by atoms with Gasteiger partial charge in [-0.2, -0.15) is 0 Å². The van der Waals surface area contributed by atoms with Crippen LogP contribution in [0.15, 0.2) is 18.2 Å². The highest BCUT2D eigenvalue weighted by atomic mass is 79.9. The topological polar surface area (TPSA) is 12.0 Å². The normalized spacial score (nSPS) is 14.8. The van der Waals surface area contributed by atoms with Gasteiger partial charge in [-0.05, 0) is 32.3 Å². The molecular formula is C14H22BrN. The fraction of sp³-hybridized carbons (Fsp3) is 0.571. The second kappa shape index (κ2) is 6.41. The molecule has 0 saturated carbocycles. The Morgan fingerprint density at radius 2 is 1.69 bits per heavy atom. The minimum absolute atomic E-state index is 0.542. The van der Waals surface area contributed by atoms with E-state index in [2.05, 4.69) is 67.1 Å². The first-order valence-corrected chi connectivity index (χ1v) is 7.01. The van der Waals surface area contributed by atoms with Gasteiger partial charge >= 0.3 is 0 Å². The SMILES string of the molecule is Cc1cc(C)cc(CNC(C)C(C)CBr)c1. The van der Waals surface area contributed by atoms with Gasteiger partial charge in [0, 0.05) is 17.9 Å². The fourth-order valence-electron chi connectivity index (χ4n) is 1.78. The van der Waals surface area contributed by atoms with E-state index in [4.69, 9.17) is 0 Å². The molecule has 0 aromatic heterocycles. The molecule has 16 heavy (non-hydrogen) atoms. The van der Waals surface area contributed by atoms with Crippen molar-refractivity contribution in [3.8, 4) is 0 Å². The van der Waals surface area contributed by atoms with E-state index in [1.807, 2.05) is 0 Å². The van der Waals surface area contributed by atoms with Gasteiger partial charge in [0.2, 0.25) is 0 Å². The molecule has 1 aromatic rings. The number of nitrogens with one attached hydrogen (secondary N) is 1. The summed E-state index contributed by atoms with van der Waals surface area (Å²) >= 11 is 3.52. The summed E-state index contributed by atoms with van der Waals surface area (Å²) in [5, 5.41) is 4.62. The second-order valence-electron chi connectivity index (χ2n) is 4.80. The van der Waals surface area contributed by atoms with Crippen molar-refractivity contribution >= 4 is 15.9 Å². The van der Waals surface area contributed by atoms with E-state index in [0.717, 1.165) is 11.9 Å². The lowest BCUT2D eigenvalue weighted by Crippen LogP contribution is -2.32. The van der Waals surface area contributed by atoms with Gasteiger partial charge in [-0.1, -0.05) is 52.2 Å². The molecule has 0 saturated heterocycles. The predicted molar refractivity (Wildman–Crippen MR) is 75.2 cm³/mol. The van der Waals surface area contributed by atoms with Crippen LogP contribution >= 0.6 is 15.9 Å². The van der Waals surface area contributed by atoms with E-state index in [9.17, 15) is 0 Å². The predicted octanol–water partition coefficient (Wildman–Crippen LogP) is 3.81. The summed E-state index contributed by atoms with van der Waals surface area (Å²) in [6.45, 7) is 9.77. The first kappa shape index (κ1) is 13.7. The number of alkyl halides is 1. The van der Waals surface area contributed by atoms with Gasteiger partial charge in [-0.15, -0.1) is 0 Å². The van der Waals surface area contributed by atoms with Crippen molar-refractivity contribution in [2.24, 2.45) is 5.92 Å². The first-order valence-electron chi connectivity index (χ1n) is 5.89. The quantitative estimate of drug-likeness (QED) is 0.811. The summed E-state index contributed by atoms with van der Waals surface area (Å²) in [5.41, 5.74) is 4.07. The third-order valence-corrected chi connectivity index (χ3v) is 4.03. The van der Waals surface area contributed by atoms with Gasteiger partial charge in [0.05, 0.1) is 0 Å². The van der Waals surface area contributed by atoms with Crippen molar-refractivity contribution in [2.75, 3.05) is 5.33 Å². The molecular weight excluding hydrogens is 262 g/mol. The van der Waals surface area contributed by atoms with Crippen LogP contribution in [0.2, 0.25) is 0 Å². The molecule has 0 aliphatic carbocycles. The zero-order valence-corrected chi connectivity index (χ0v) is 12.3. The summed E-state index contributed by atoms with van der Waals surface area (Å²) in [5.74, 6) is 0.658. The lowest BCUT2D eigenvalue weighted by molar-refractivity contribution is 0.433. The summed E-state index contributed by atoms with van der Waals surface area (Å²) in [6.07, 6.45) is 0. The lowest BCUT2D eigenvalue weighted by Gasteiger charge is -2.19. The van der Waals surface area contributed by atoms with Crippen molar-refractivity contribution in [3.05, 3.63) is 34.9 Å². The van der Waals surface area contributed by atoms with Gasteiger partial charge in [0.25, 0.3) is 0 Å². The average molecular weight is 284 g/mol. The summed E-state index contributed by atoms with van der Waals surface area (Å²) in [6, 6.07) is 7.27. The summed E-state index contributed by atoms with van der Waals surface area (Å²) < 4.78 is 0. The molecule has 1 nitrogen and oxygen atoms in total. The minimum atomic E-state index is 0.542. The Kier molecular flexibility index (Phi) is 5.50.